The zero-order chi connectivity index (χ0) is 16.3. The molecule has 22 heavy (non-hydrogen) atoms. The Morgan fingerprint density at radius 2 is 1.73 bits per heavy atom. The number of benzene rings is 2. The molecular weight excluding hydrogens is 328 g/mol. The minimum Gasteiger partial charge on any atom is -0.494 e. The molecule has 0 aliphatic heterocycles. The van der Waals surface area contributed by atoms with Crippen LogP contribution in [-0.4, -0.2) is 13.0 Å². The lowest BCUT2D eigenvalue weighted by molar-refractivity contribution is 0.0940. The van der Waals surface area contributed by atoms with Crippen LogP contribution in [-0.2, 0) is 0 Å². The Hall–Kier alpha value is -1.78. The van der Waals surface area contributed by atoms with Crippen molar-refractivity contribution in [3.8, 4) is 5.75 Å². The Labute approximate surface area is 138 Å². The quantitative estimate of drug-likeness (QED) is 0.880. The number of methoxy groups -OCH3 is 1. The van der Waals surface area contributed by atoms with Crippen LogP contribution in [0.15, 0.2) is 36.4 Å². The van der Waals surface area contributed by atoms with E-state index in [1.165, 1.54) is 31.4 Å². The number of rotatable bonds is 4. The number of ether oxygens (including phenoxy) is 1. The molecule has 0 aliphatic rings. The number of hydrogen-bond acceptors (Lipinski definition) is 2. The molecule has 0 aromatic heterocycles. The highest BCUT2D eigenvalue weighted by Gasteiger charge is 2.16. The summed E-state index contributed by atoms with van der Waals surface area (Å²) in [4.78, 5) is 12.3. The summed E-state index contributed by atoms with van der Waals surface area (Å²) in [5.41, 5.74) is 1.12. The van der Waals surface area contributed by atoms with Gasteiger partial charge in [-0.2, -0.15) is 0 Å². The van der Waals surface area contributed by atoms with E-state index < -0.39 is 0 Å². The highest BCUT2D eigenvalue weighted by atomic mass is 35.5. The summed E-state index contributed by atoms with van der Waals surface area (Å²) >= 11 is 12.0. The standard InChI is InChI=1S/C16H14Cl2FNO2/c1-9(10-3-5-12(19)6-4-10)20-16(21)11-7-13(17)15(22-2)14(18)8-11/h3-9H,1-2H3,(H,20,21)/t9-/m0/s1. The van der Waals surface area contributed by atoms with Crippen LogP contribution in [0.4, 0.5) is 4.39 Å². The average Bonchev–Trinajstić information content (AvgIpc) is 2.47. The molecule has 0 saturated carbocycles. The molecule has 0 radical (unpaired) electrons. The van der Waals surface area contributed by atoms with Crippen molar-refractivity contribution in [2.75, 3.05) is 7.11 Å². The van der Waals surface area contributed by atoms with Gasteiger partial charge in [0.05, 0.1) is 23.2 Å². The lowest BCUT2D eigenvalue weighted by Crippen LogP contribution is -2.26. The highest BCUT2D eigenvalue weighted by molar-refractivity contribution is 6.37. The van der Waals surface area contributed by atoms with Crippen LogP contribution in [0.5, 0.6) is 5.75 Å². The third kappa shape index (κ3) is 3.70. The Morgan fingerprint density at radius 1 is 1.18 bits per heavy atom. The second-order valence-electron chi connectivity index (χ2n) is 4.72. The van der Waals surface area contributed by atoms with E-state index in [0.717, 1.165) is 5.56 Å². The Morgan fingerprint density at radius 3 is 2.23 bits per heavy atom. The van der Waals surface area contributed by atoms with E-state index in [1.54, 1.807) is 19.1 Å². The van der Waals surface area contributed by atoms with E-state index in [4.69, 9.17) is 27.9 Å². The second-order valence-corrected chi connectivity index (χ2v) is 5.53. The van der Waals surface area contributed by atoms with Crippen LogP contribution in [0.2, 0.25) is 10.0 Å². The molecule has 1 atom stereocenters. The molecule has 116 valence electrons. The average molecular weight is 342 g/mol. The fourth-order valence-corrected chi connectivity index (χ4v) is 2.64. The summed E-state index contributed by atoms with van der Waals surface area (Å²) < 4.78 is 18.0. The summed E-state index contributed by atoms with van der Waals surface area (Å²) in [6, 6.07) is 8.62. The first kappa shape index (κ1) is 16.6. The fourth-order valence-electron chi connectivity index (χ4n) is 2.00. The van der Waals surface area contributed by atoms with Crippen LogP contribution < -0.4 is 10.1 Å². The van der Waals surface area contributed by atoms with Crippen molar-refractivity contribution in [2.24, 2.45) is 0 Å². The minimum atomic E-state index is -0.330. The van der Waals surface area contributed by atoms with Gasteiger partial charge in [0.1, 0.15) is 5.82 Å². The van der Waals surface area contributed by atoms with Crippen LogP contribution in [0, 0.1) is 5.82 Å². The normalized spacial score (nSPS) is 11.9. The summed E-state index contributed by atoms with van der Waals surface area (Å²) in [5, 5.41) is 3.32. The van der Waals surface area contributed by atoms with Crippen LogP contribution in [0.1, 0.15) is 28.9 Å². The van der Waals surface area contributed by atoms with Crippen molar-refractivity contribution in [2.45, 2.75) is 13.0 Å². The number of halogens is 3. The number of carbonyl (C=O) groups is 1. The zero-order valence-electron chi connectivity index (χ0n) is 12.0. The Balaban J connectivity index is 2.17. The molecule has 0 bridgehead atoms. The molecule has 0 heterocycles. The fraction of sp³-hybridized carbons (Fsp3) is 0.188. The first-order valence-corrected chi connectivity index (χ1v) is 7.27. The van der Waals surface area contributed by atoms with Gasteiger partial charge in [-0.15, -0.1) is 0 Å². The van der Waals surface area contributed by atoms with Gasteiger partial charge >= 0.3 is 0 Å². The van der Waals surface area contributed by atoms with E-state index in [2.05, 4.69) is 5.32 Å². The molecule has 0 spiro atoms. The molecule has 1 amide bonds. The molecule has 0 saturated heterocycles. The first-order chi connectivity index (χ1) is 10.4. The number of carbonyl (C=O) groups excluding carboxylic acids is 1. The maximum absolute atomic E-state index is 12.9. The molecular formula is C16H14Cl2FNO2. The van der Waals surface area contributed by atoms with Gasteiger partial charge in [0.15, 0.2) is 5.75 Å². The summed E-state index contributed by atoms with van der Waals surface area (Å²) in [7, 11) is 1.45. The Bertz CT molecular complexity index is 666. The van der Waals surface area contributed by atoms with Gasteiger partial charge in [-0.25, -0.2) is 4.39 Å². The van der Waals surface area contributed by atoms with Gasteiger partial charge < -0.3 is 10.1 Å². The number of nitrogens with one attached hydrogen (secondary N) is 1. The van der Waals surface area contributed by atoms with Crippen molar-refractivity contribution in [1.82, 2.24) is 5.32 Å². The summed E-state index contributed by atoms with van der Waals surface area (Å²) in [5.74, 6) is -0.328. The first-order valence-electron chi connectivity index (χ1n) is 6.51. The molecule has 2 rings (SSSR count). The molecule has 1 N–H and O–H groups in total. The smallest absolute Gasteiger partial charge is 0.251 e. The van der Waals surface area contributed by atoms with Crippen molar-refractivity contribution < 1.29 is 13.9 Å². The van der Waals surface area contributed by atoms with Crippen LogP contribution in [0.25, 0.3) is 0 Å². The lowest BCUT2D eigenvalue weighted by atomic mass is 10.1. The number of hydrogen-bond donors (Lipinski definition) is 1. The van der Waals surface area contributed by atoms with Gasteiger partial charge in [0.2, 0.25) is 0 Å². The predicted octanol–water partition coefficient (Wildman–Crippen LogP) is 4.63. The third-order valence-electron chi connectivity index (χ3n) is 3.18. The molecule has 0 aliphatic carbocycles. The van der Waals surface area contributed by atoms with Gasteiger partial charge in [0, 0.05) is 5.56 Å². The third-order valence-corrected chi connectivity index (χ3v) is 3.74. The van der Waals surface area contributed by atoms with Crippen molar-refractivity contribution in [1.29, 1.82) is 0 Å². The van der Waals surface area contributed by atoms with E-state index in [-0.39, 0.29) is 27.8 Å². The molecule has 0 fully saturated rings. The Kier molecular flexibility index (Phi) is 5.27. The second kappa shape index (κ2) is 6.99. The topological polar surface area (TPSA) is 38.3 Å². The number of amides is 1. The van der Waals surface area contributed by atoms with Crippen molar-refractivity contribution in [3.05, 3.63) is 63.4 Å². The maximum atomic E-state index is 12.9. The lowest BCUT2D eigenvalue weighted by Gasteiger charge is -2.15. The predicted molar refractivity (Wildman–Crippen MR) is 85.3 cm³/mol. The van der Waals surface area contributed by atoms with E-state index in [9.17, 15) is 9.18 Å². The SMILES string of the molecule is COc1c(Cl)cc(C(=O)N[C@@H](C)c2ccc(F)cc2)cc1Cl. The molecule has 3 nitrogen and oxygen atoms in total. The van der Waals surface area contributed by atoms with E-state index >= 15 is 0 Å². The van der Waals surface area contributed by atoms with Crippen LogP contribution in [0.3, 0.4) is 0 Å². The monoisotopic (exact) mass is 341 g/mol. The minimum absolute atomic E-state index is 0.259. The van der Waals surface area contributed by atoms with E-state index in [1.807, 2.05) is 0 Å². The molecule has 2 aromatic carbocycles. The van der Waals surface area contributed by atoms with Crippen LogP contribution >= 0.6 is 23.2 Å². The van der Waals surface area contributed by atoms with Gasteiger partial charge in [-0.1, -0.05) is 35.3 Å². The summed E-state index contributed by atoms with van der Waals surface area (Å²) in [6.07, 6.45) is 0. The largest absolute Gasteiger partial charge is 0.494 e. The molecule has 2 aromatic rings. The van der Waals surface area contributed by atoms with Crippen molar-refractivity contribution >= 4 is 29.1 Å². The molecule has 6 heteroatoms. The zero-order valence-corrected chi connectivity index (χ0v) is 13.5. The van der Waals surface area contributed by atoms with E-state index in [0.29, 0.717) is 11.3 Å². The van der Waals surface area contributed by atoms with Gasteiger partial charge in [0.25, 0.3) is 5.91 Å². The highest BCUT2D eigenvalue weighted by Crippen LogP contribution is 2.33. The van der Waals surface area contributed by atoms with Crippen molar-refractivity contribution in [3.63, 3.8) is 0 Å². The molecule has 0 unspecified atom stereocenters. The maximum Gasteiger partial charge on any atom is 0.251 e. The van der Waals surface area contributed by atoms with Gasteiger partial charge in [-0.05, 0) is 36.8 Å². The van der Waals surface area contributed by atoms with Gasteiger partial charge in [-0.3, -0.25) is 4.79 Å². The summed E-state index contributed by atoms with van der Waals surface area (Å²) in [6.45, 7) is 1.80.